The quantitative estimate of drug-likeness (QED) is 0.134. The zero-order valence-electron chi connectivity index (χ0n) is 24.2. The Morgan fingerprint density at radius 1 is 0.738 bits per heavy atom. The van der Waals surface area contributed by atoms with E-state index in [1.807, 2.05) is 25.1 Å². The van der Waals surface area contributed by atoms with Crippen molar-refractivity contribution in [1.29, 1.82) is 0 Å². The van der Waals surface area contributed by atoms with Gasteiger partial charge in [-0.2, -0.15) is 13.2 Å². The van der Waals surface area contributed by atoms with Crippen molar-refractivity contribution in [2.75, 3.05) is 6.61 Å². The first-order valence-corrected chi connectivity index (χ1v) is 14.6. The molecule has 1 N–H and O–H groups in total. The van der Waals surface area contributed by atoms with E-state index in [4.69, 9.17) is 9.47 Å². The van der Waals surface area contributed by atoms with Gasteiger partial charge < -0.3 is 14.6 Å². The number of aromatic carboxylic acids is 1. The minimum Gasteiger partial charge on any atom is -0.494 e. The molecular formula is C34H39F3O5. The normalized spacial score (nSPS) is 12.1. The molecule has 3 aromatic rings. The number of unbranched alkanes of at least 4 members (excludes halogenated alkanes) is 6. The molecular weight excluding hydrogens is 545 g/mol. The van der Waals surface area contributed by atoms with Crippen LogP contribution < -0.4 is 4.74 Å². The number of rotatable bonds is 16. The monoisotopic (exact) mass is 584 g/mol. The lowest BCUT2D eigenvalue weighted by Crippen LogP contribution is -2.33. The number of carbonyl (C=O) groups is 2. The summed E-state index contributed by atoms with van der Waals surface area (Å²) in [5.41, 5.74) is 3.27. The van der Waals surface area contributed by atoms with Gasteiger partial charge in [0.15, 0.2) is 6.10 Å². The van der Waals surface area contributed by atoms with Crippen LogP contribution in [0.4, 0.5) is 13.2 Å². The van der Waals surface area contributed by atoms with Gasteiger partial charge in [0.2, 0.25) is 0 Å². The standard InChI is InChI=1S/C34H39F3O5/c1-3-5-7-9-11-31(34(35,36)37)42-33(40)27-18-14-25(15-19-27)30-23-28(41-22-10-8-6-4-2)20-21-29(30)24-12-16-26(17-13-24)32(38)39/h12-21,23,31H,3-11,22H2,1-2H3,(H,38,39). The first-order valence-electron chi connectivity index (χ1n) is 14.6. The highest BCUT2D eigenvalue weighted by Gasteiger charge is 2.42. The second kappa shape index (κ2) is 16.0. The Bertz CT molecular complexity index is 1280. The Labute approximate surface area is 245 Å². The zero-order valence-corrected chi connectivity index (χ0v) is 24.2. The van der Waals surface area contributed by atoms with E-state index in [2.05, 4.69) is 6.92 Å². The average Bonchev–Trinajstić information content (AvgIpc) is 2.98. The van der Waals surface area contributed by atoms with Gasteiger partial charge >= 0.3 is 18.1 Å². The number of carboxylic acid groups (broad SMARTS) is 1. The Morgan fingerprint density at radius 3 is 1.88 bits per heavy atom. The fraction of sp³-hybridized carbons (Fsp3) is 0.412. The molecule has 1 atom stereocenters. The number of esters is 1. The Kier molecular flexibility index (Phi) is 12.5. The lowest BCUT2D eigenvalue weighted by Gasteiger charge is -2.21. The number of alkyl halides is 3. The third kappa shape index (κ3) is 9.64. The highest BCUT2D eigenvalue weighted by molar-refractivity contribution is 5.92. The van der Waals surface area contributed by atoms with Gasteiger partial charge in [0.1, 0.15) is 5.75 Å². The van der Waals surface area contributed by atoms with E-state index >= 15 is 0 Å². The van der Waals surface area contributed by atoms with Crippen molar-refractivity contribution >= 4 is 11.9 Å². The van der Waals surface area contributed by atoms with Crippen LogP contribution in [0.25, 0.3) is 22.3 Å². The van der Waals surface area contributed by atoms with Crippen molar-refractivity contribution in [1.82, 2.24) is 0 Å². The summed E-state index contributed by atoms with van der Waals surface area (Å²) in [5.74, 6) is -1.38. The molecule has 42 heavy (non-hydrogen) atoms. The summed E-state index contributed by atoms with van der Waals surface area (Å²) in [7, 11) is 0. The molecule has 3 aromatic carbocycles. The summed E-state index contributed by atoms with van der Waals surface area (Å²) in [5, 5.41) is 9.27. The SMILES string of the molecule is CCCCCCOc1ccc(-c2ccc(C(=O)O)cc2)c(-c2ccc(C(=O)OC(CCCCCC)C(F)(F)F)cc2)c1. The number of carbonyl (C=O) groups excluding carboxylic acids is 1. The second-order valence-electron chi connectivity index (χ2n) is 10.4. The predicted molar refractivity (Wildman–Crippen MR) is 158 cm³/mol. The van der Waals surface area contributed by atoms with Gasteiger partial charge in [0.25, 0.3) is 0 Å². The molecule has 5 nitrogen and oxygen atoms in total. The van der Waals surface area contributed by atoms with Crippen LogP contribution in [0.1, 0.15) is 92.4 Å². The van der Waals surface area contributed by atoms with Crippen LogP contribution in [0.3, 0.4) is 0 Å². The molecule has 0 spiro atoms. The number of ether oxygens (including phenoxy) is 2. The summed E-state index contributed by atoms with van der Waals surface area (Å²) >= 11 is 0. The third-order valence-corrected chi connectivity index (χ3v) is 7.07. The number of hydrogen-bond acceptors (Lipinski definition) is 4. The summed E-state index contributed by atoms with van der Waals surface area (Å²) in [6.07, 6.45) is -0.0759. The van der Waals surface area contributed by atoms with Gasteiger partial charge in [-0.05, 0) is 77.9 Å². The highest BCUT2D eigenvalue weighted by atomic mass is 19.4. The van der Waals surface area contributed by atoms with E-state index in [9.17, 15) is 27.9 Å². The van der Waals surface area contributed by atoms with Crippen LogP contribution in [0, 0.1) is 0 Å². The number of hydrogen-bond donors (Lipinski definition) is 1. The van der Waals surface area contributed by atoms with Crippen LogP contribution in [0.2, 0.25) is 0 Å². The fourth-order valence-corrected chi connectivity index (χ4v) is 4.64. The van der Waals surface area contributed by atoms with E-state index in [1.165, 1.54) is 24.3 Å². The van der Waals surface area contributed by atoms with Gasteiger partial charge in [0.05, 0.1) is 17.7 Å². The molecule has 0 aliphatic rings. The molecule has 1 unspecified atom stereocenters. The maximum absolute atomic E-state index is 13.5. The summed E-state index contributed by atoms with van der Waals surface area (Å²) in [6.45, 7) is 4.68. The molecule has 0 heterocycles. The molecule has 0 saturated heterocycles. The largest absolute Gasteiger partial charge is 0.494 e. The van der Waals surface area contributed by atoms with Crippen molar-refractivity contribution in [2.24, 2.45) is 0 Å². The molecule has 3 rings (SSSR count). The van der Waals surface area contributed by atoms with E-state index in [-0.39, 0.29) is 17.5 Å². The van der Waals surface area contributed by atoms with E-state index in [1.54, 1.807) is 24.3 Å². The maximum atomic E-state index is 13.5. The Morgan fingerprint density at radius 2 is 1.31 bits per heavy atom. The minimum absolute atomic E-state index is 0.0252. The number of halogens is 3. The van der Waals surface area contributed by atoms with E-state index < -0.39 is 24.2 Å². The molecule has 0 aliphatic carbocycles. The van der Waals surface area contributed by atoms with Gasteiger partial charge in [0, 0.05) is 0 Å². The van der Waals surface area contributed by atoms with Gasteiger partial charge in [-0.15, -0.1) is 0 Å². The van der Waals surface area contributed by atoms with Gasteiger partial charge in [-0.25, -0.2) is 9.59 Å². The van der Waals surface area contributed by atoms with Crippen molar-refractivity contribution in [3.63, 3.8) is 0 Å². The fourth-order valence-electron chi connectivity index (χ4n) is 4.64. The first kappa shape index (κ1) is 32.7. The molecule has 0 amide bonds. The highest BCUT2D eigenvalue weighted by Crippen LogP contribution is 2.36. The van der Waals surface area contributed by atoms with Crippen LogP contribution >= 0.6 is 0 Å². The molecule has 226 valence electrons. The van der Waals surface area contributed by atoms with Crippen LogP contribution in [0.5, 0.6) is 5.75 Å². The van der Waals surface area contributed by atoms with Crippen LogP contribution in [-0.2, 0) is 4.74 Å². The Hall–Kier alpha value is -3.81. The summed E-state index contributed by atoms with van der Waals surface area (Å²) in [6, 6.07) is 18.4. The zero-order chi connectivity index (χ0) is 30.5. The maximum Gasteiger partial charge on any atom is 0.425 e. The smallest absolute Gasteiger partial charge is 0.425 e. The van der Waals surface area contributed by atoms with Crippen LogP contribution in [0.15, 0.2) is 66.7 Å². The van der Waals surface area contributed by atoms with Crippen molar-refractivity contribution in [3.05, 3.63) is 77.9 Å². The molecule has 0 aromatic heterocycles. The lowest BCUT2D eigenvalue weighted by atomic mass is 9.93. The molecule has 8 heteroatoms. The lowest BCUT2D eigenvalue weighted by molar-refractivity contribution is -0.206. The second-order valence-corrected chi connectivity index (χ2v) is 10.4. The van der Waals surface area contributed by atoms with E-state index in [0.29, 0.717) is 30.8 Å². The van der Waals surface area contributed by atoms with Crippen LogP contribution in [-0.4, -0.2) is 35.9 Å². The van der Waals surface area contributed by atoms with Gasteiger partial charge in [-0.1, -0.05) is 82.7 Å². The Balaban J connectivity index is 1.85. The van der Waals surface area contributed by atoms with E-state index in [0.717, 1.165) is 55.2 Å². The van der Waals surface area contributed by atoms with Crippen molar-refractivity contribution in [2.45, 2.75) is 83.9 Å². The third-order valence-electron chi connectivity index (χ3n) is 7.07. The molecule has 0 fully saturated rings. The van der Waals surface area contributed by atoms with Crippen molar-refractivity contribution in [3.8, 4) is 28.0 Å². The molecule has 0 aliphatic heterocycles. The minimum atomic E-state index is -4.64. The summed E-state index contributed by atoms with van der Waals surface area (Å²) in [4.78, 5) is 24.0. The van der Waals surface area contributed by atoms with Gasteiger partial charge in [-0.3, -0.25) is 0 Å². The number of benzene rings is 3. The predicted octanol–water partition coefficient (Wildman–Crippen LogP) is 9.74. The number of carboxylic acids is 1. The molecule has 0 bridgehead atoms. The van der Waals surface area contributed by atoms with Crippen molar-refractivity contribution < 1.29 is 37.3 Å². The summed E-state index contributed by atoms with van der Waals surface area (Å²) < 4.78 is 51.5. The molecule has 0 radical (unpaired) electrons. The average molecular weight is 585 g/mol. The molecule has 0 saturated carbocycles. The topological polar surface area (TPSA) is 72.8 Å². The first-order chi connectivity index (χ1) is 20.1.